The number of hydrogen-bond acceptors (Lipinski definition) is 6. The molecule has 160 valence electrons. The Balaban J connectivity index is 1.22. The lowest BCUT2D eigenvalue weighted by Gasteiger charge is -2.05. The first-order valence-corrected chi connectivity index (χ1v) is 11.5. The van der Waals surface area contributed by atoms with Gasteiger partial charge in [0.05, 0.1) is 16.8 Å². The Kier molecular flexibility index (Phi) is 6.99. The summed E-state index contributed by atoms with van der Waals surface area (Å²) in [6, 6.07) is 15.9. The molecule has 31 heavy (non-hydrogen) atoms. The van der Waals surface area contributed by atoms with Gasteiger partial charge in [0.1, 0.15) is 5.82 Å². The number of aryl methyl sites for hydroxylation is 3. The van der Waals surface area contributed by atoms with Crippen LogP contribution in [0.2, 0.25) is 0 Å². The Morgan fingerprint density at radius 3 is 2.71 bits per heavy atom. The molecule has 0 saturated heterocycles. The number of nitrogens with zero attached hydrogens (tertiary/aromatic N) is 3. The fourth-order valence-electron chi connectivity index (χ4n) is 3.21. The molecule has 0 bridgehead atoms. The maximum absolute atomic E-state index is 12.2. The molecule has 0 aliphatic heterocycles. The van der Waals surface area contributed by atoms with Crippen molar-refractivity contribution in [2.24, 2.45) is 0 Å². The molecule has 4 aromatic rings. The molecule has 2 aromatic carbocycles. The molecular formula is C23H25N5O2S. The lowest BCUT2D eigenvalue weighted by molar-refractivity contribution is -0.113. The van der Waals surface area contributed by atoms with Crippen LogP contribution in [-0.4, -0.2) is 31.8 Å². The van der Waals surface area contributed by atoms with E-state index in [1.807, 2.05) is 36.4 Å². The Bertz CT molecular complexity index is 1100. The first-order valence-electron chi connectivity index (χ1n) is 10.5. The highest BCUT2D eigenvalue weighted by Crippen LogP contribution is 2.18. The number of anilines is 1. The number of benzene rings is 2. The molecule has 0 saturated carbocycles. The number of nitrogens with one attached hydrogen (secondary N) is 2. The first kappa shape index (κ1) is 21.1. The van der Waals surface area contributed by atoms with Crippen LogP contribution in [0.4, 0.5) is 5.69 Å². The summed E-state index contributed by atoms with van der Waals surface area (Å²) in [5, 5.41) is 11.4. The zero-order valence-electron chi connectivity index (χ0n) is 17.4. The maximum Gasteiger partial charge on any atom is 0.277 e. The molecule has 0 aliphatic rings. The number of para-hydroxylation sites is 2. The van der Waals surface area contributed by atoms with Gasteiger partial charge < -0.3 is 14.7 Å². The number of aromatic amines is 1. The number of amides is 1. The lowest BCUT2D eigenvalue weighted by atomic mass is 10.1. The van der Waals surface area contributed by atoms with E-state index in [0.29, 0.717) is 24.0 Å². The first-order chi connectivity index (χ1) is 15.2. The summed E-state index contributed by atoms with van der Waals surface area (Å²) in [7, 11) is 0. The third-order valence-corrected chi connectivity index (χ3v) is 5.66. The number of H-pyrrole nitrogens is 1. The van der Waals surface area contributed by atoms with Gasteiger partial charge in [-0.2, -0.15) is 0 Å². The summed E-state index contributed by atoms with van der Waals surface area (Å²) in [5.41, 5.74) is 4.04. The monoisotopic (exact) mass is 435 g/mol. The number of thioether (sulfide) groups is 1. The minimum atomic E-state index is -0.103. The van der Waals surface area contributed by atoms with E-state index >= 15 is 0 Å². The van der Waals surface area contributed by atoms with Gasteiger partial charge in [0.25, 0.3) is 5.22 Å². The van der Waals surface area contributed by atoms with Crippen LogP contribution in [-0.2, 0) is 24.1 Å². The van der Waals surface area contributed by atoms with Gasteiger partial charge in [0, 0.05) is 18.5 Å². The average Bonchev–Trinajstić information content (AvgIpc) is 3.42. The van der Waals surface area contributed by atoms with E-state index in [-0.39, 0.29) is 11.7 Å². The van der Waals surface area contributed by atoms with E-state index in [4.69, 9.17) is 4.42 Å². The third kappa shape index (κ3) is 5.95. The summed E-state index contributed by atoms with van der Waals surface area (Å²) in [4.78, 5) is 20.1. The average molecular weight is 436 g/mol. The van der Waals surface area contributed by atoms with Crippen LogP contribution in [0.25, 0.3) is 11.0 Å². The van der Waals surface area contributed by atoms with Gasteiger partial charge in [-0.15, -0.1) is 10.2 Å². The molecule has 0 aliphatic carbocycles. The van der Waals surface area contributed by atoms with Crippen molar-refractivity contribution in [3.05, 3.63) is 65.8 Å². The number of hydrogen-bond donors (Lipinski definition) is 2. The third-order valence-electron chi connectivity index (χ3n) is 4.85. The molecule has 8 heteroatoms. The van der Waals surface area contributed by atoms with E-state index in [1.54, 1.807) is 0 Å². The van der Waals surface area contributed by atoms with Gasteiger partial charge in [-0.25, -0.2) is 4.98 Å². The van der Waals surface area contributed by atoms with Gasteiger partial charge >= 0.3 is 0 Å². The minimum absolute atomic E-state index is 0.103. The summed E-state index contributed by atoms with van der Waals surface area (Å²) in [6.45, 7) is 2.18. The molecule has 7 nitrogen and oxygen atoms in total. The summed E-state index contributed by atoms with van der Waals surface area (Å²) in [5.74, 6) is 1.52. The molecular weight excluding hydrogens is 410 g/mol. The SMILES string of the molecule is CCCCc1ccc(NC(=O)CSc2nnc(CCc3nc4ccccc4[nH]3)o2)cc1. The molecule has 2 aromatic heterocycles. The number of rotatable bonds is 10. The van der Waals surface area contributed by atoms with Gasteiger partial charge in [-0.1, -0.05) is 49.4 Å². The second-order valence-electron chi connectivity index (χ2n) is 7.30. The number of carbonyl (C=O) groups excluding carboxylic acids is 1. The number of aromatic nitrogens is 4. The van der Waals surface area contributed by atoms with Gasteiger partial charge in [-0.3, -0.25) is 4.79 Å². The van der Waals surface area contributed by atoms with Crippen LogP contribution >= 0.6 is 11.8 Å². The normalized spacial score (nSPS) is 11.1. The van der Waals surface area contributed by atoms with Gasteiger partial charge in [0.15, 0.2) is 0 Å². The van der Waals surface area contributed by atoms with E-state index in [0.717, 1.165) is 29.0 Å². The Morgan fingerprint density at radius 1 is 1.06 bits per heavy atom. The van der Waals surface area contributed by atoms with E-state index in [9.17, 15) is 4.79 Å². The Hall–Kier alpha value is -3.13. The summed E-state index contributed by atoms with van der Waals surface area (Å²) in [6.07, 6.45) is 4.68. The second-order valence-corrected chi connectivity index (χ2v) is 8.23. The summed E-state index contributed by atoms with van der Waals surface area (Å²) >= 11 is 1.23. The van der Waals surface area contributed by atoms with Crippen LogP contribution in [0.1, 0.15) is 37.0 Å². The van der Waals surface area contributed by atoms with Crippen molar-refractivity contribution < 1.29 is 9.21 Å². The molecule has 4 rings (SSSR count). The van der Waals surface area contributed by atoms with Crippen molar-refractivity contribution >= 4 is 34.4 Å². The smallest absolute Gasteiger partial charge is 0.277 e. The topological polar surface area (TPSA) is 96.7 Å². The minimum Gasteiger partial charge on any atom is -0.416 e. The molecule has 2 heterocycles. The van der Waals surface area contributed by atoms with E-state index < -0.39 is 0 Å². The molecule has 0 atom stereocenters. The highest BCUT2D eigenvalue weighted by Gasteiger charge is 2.11. The molecule has 0 unspecified atom stereocenters. The highest BCUT2D eigenvalue weighted by molar-refractivity contribution is 7.99. The van der Waals surface area contributed by atoms with Crippen molar-refractivity contribution in [1.82, 2.24) is 20.2 Å². The van der Waals surface area contributed by atoms with Crippen molar-refractivity contribution in [2.75, 3.05) is 11.1 Å². The maximum atomic E-state index is 12.2. The highest BCUT2D eigenvalue weighted by atomic mass is 32.2. The van der Waals surface area contributed by atoms with Gasteiger partial charge in [-0.05, 0) is 42.7 Å². The molecule has 0 fully saturated rings. The zero-order chi connectivity index (χ0) is 21.5. The second kappa shape index (κ2) is 10.3. The Labute approximate surface area is 185 Å². The van der Waals surface area contributed by atoms with Crippen molar-refractivity contribution in [1.29, 1.82) is 0 Å². The lowest BCUT2D eigenvalue weighted by Crippen LogP contribution is -2.13. The molecule has 1 amide bonds. The number of unbranched alkanes of at least 4 members (excludes halogenated alkanes) is 1. The number of carbonyl (C=O) groups is 1. The fraction of sp³-hybridized carbons (Fsp3) is 0.304. The predicted molar refractivity (Wildman–Crippen MR) is 122 cm³/mol. The van der Waals surface area contributed by atoms with E-state index in [2.05, 4.69) is 44.5 Å². The number of fused-ring (bicyclic) bond motifs is 1. The van der Waals surface area contributed by atoms with Gasteiger partial charge in [0.2, 0.25) is 11.8 Å². The Morgan fingerprint density at radius 2 is 1.90 bits per heavy atom. The quantitative estimate of drug-likeness (QED) is 0.347. The van der Waals surface area contributed by atoms with Crippen LogP contribution in [0.3, 0.4) is 0 Å². The van der Waals surface area contributed by atoms with Crippen LogP contribution in [0, 0.1) is 0 Å². The summed E-state index contributed by atoms with van der Waals surface area (Å²) < 4.78 is 5.65. The van der Waals surface area contributed by atoms with Crippen molar-refractivity contribution in [3.63, 3.8) is 0 Å². The molecule has 0 spiro atoms. The number of imidazole rings is 1. The molecule has 0 radical (unpaired) electrons. The van der Waals surface area contributed by atoms with Crippen LogP contribution < -0.4 is 5.32 Å². The zero-order valence-corrected chi connectivity index (χ0v) is 18.2. The van der Waals surface area contributed by atoms with Crippen molar-refractivity contribution in [2.45, 2.75) is 44.3 Å². The van der Waals surface area contributed by atoms with Crippen molar-refractivity contribution in [3.8, 4) is 0 Å². The van der Waals surface area contributed by atoms with Crippen LogP contribution in [0.5, 0.6) is 0 Å². The standard InChI is InChI=1S/C23H25N5O2S/c1-2-3-6-16-9-11-17(12-10-16)24-21(29)15-31-23-28-27-22(30-23)14-13-20-25-18-7-4-5-8-19(18)26-20/h4-5,7-12H,2-3,6,13-15H2,1H3,(H,24,29)(H,25,26). The van der Waals surface area contributed by atoms with E-state index in [1.165, 1.54) is 30.2 Å². The van der Waals surface area contributed by atoms with Crippen LogP contribution in [0.15, 0.2) is 58.2 Å². The largest absolute Gasteiger partial charge is 0.416 e. The fourth-order valence-corrected chi connectivity index (χ4v) is 3.79. The molecule has 2 N–H and O–H groups in total. The predicted octanol–water partition coefficient (Wildman–Crippen LogP) is 4.80.